The van der Waals surface area contributed by atoms with Gasteiger partial charge < -0.3 is 20.9 Å². The van der Waals surface area contributed by atoms with Crippen LogP contribution in [-0.4, -0.2) is 35.0 Å². The smallest absolute Gasteiger partial charge is 0.247 e. The molecule has 0 bridgehead atoms. The summed E-state index contributed by atoms with van der Waals surface area (Å²) in [5.74, 6) is 1.63. The third-order valence-electron chi connectivity index (χ3n) is 5.03. The van der Waals surface area contributed by atoms with E-state index in [0.29, 0.717) is 23.2 Å². The molecule has 1 aromatic carbocycles. The minimum Gasteiger partial charge on any atom is -0.372 e. The zero-order chi connectivity index (χ0) is 18.8. The van der Waals surface area contributed by atoms with Gasteiger partial charge in [0.1, 0.15) is 18.1 Å². The molecule has 1 aromatic heterocycles. The number of nitrogens with zero attached hydrogens (tertiary/aromatic N) is 3. The number of rotatable bonds is 5. The maximum atomic E-state index is 12.4. The van der Waals surface area contributed by atoms with Crippen LogP contribution in [0, 0.1) is 5.92 Å². The Morgan fingerprint density at radius 3 is 2.63 bits per heavy atom. The summed E-state index contributed by atoms with van der Waals surface area (Å²) in [4.78, 5) is 23.4. The lowest BCUT2D eigenvalue weighted by molar-refractivity contribution is -0.117. The molecule has 3 heterocycles. The number of hydrogen-bond acceptors (Lipinski definition) is 6. The molecule has 1 saturated heterocycles. The average Bonchev–Trinajstić information content (AvgIpc) is 3.18. The van der Waals surface area contributed by atoms with Gasteiger partial charge in [-0.2, -0.15) is 0 Å². The predicted octanol–water partition coefficient (Wildman–Crippen LogP) is 3.60. The predicted molar refractivity (Wildman–Crippen MR) is 109 cm³/mol. The van der Waals surface area contributed by atoms with E-state index in [1.807, 2.05) is 12.1 Å². The molecule has 142 valence electrons. The molecule has 1 atom stereocenters. The summed E-state index contributed by atoms with van der Waals surface area (Å²) in [7, 11) is 0. The minimum absolute atomic E-state index is 0.0431. The van der Waals surface area contributed by atoms with Crippen molar-refractivity contribution in [1.29, 1.82) is 0 Å². The number of anilines is 5. The molecular weight excluding hydrogens is 340 g/mol. The third-order valence-corrected chi connectivity index (χ3v) is 5.03. The van der Waals surface area contributed by atoms with Crippen LogP contribution < -0.4 is 20.9 Å². The third kappa shape index (κ3) is 3.82. The van der Waals surface area contributed by atoms with Crippen molar-refractivity contribution in [1.82, 2.24) is 9.97 Å². The van der Waals surface area contributed by atoms with Gasteiger partial charge in [-0.1, -0.05) is 13.8 Å². The van der Waals surface area contributed by atoms with Crippen molar-refractivity contribution in [2.75, 3.05) is 33.9 Å². The Labute approximate surface area is 159 Å². The summed E-state index contributed by atoms with van der Waals surface area (Å²) < 4.78 is 0. The first-order chi connectivity index (χ1) is 13.1. The van der Waals surface area contributed by atoms with Gasteiger partial charge >= 0.3 is 0 Å². The Balaban J connectivity index is 1.51. The fourth-order valence-electron chi connectivity index (χ4n) is 3.65. The molecular formula is C20H26N6O. The van der Waals surface area contributed by atoms with E-state index in [1.54, 1.807) is 0 Å². The lowest BCUT2D eigenvalue weighted by Crippen LogP contribution is -2.40. The van der Waals surface area contributed by atoms with Crippen molar-refractivity contribution < 1.29 is 4.79 Å². The molecule has 7 nitrogen and oxygen atoms in total. The van der Waals surface area contributed by atoms with Crippen LogP contribution in [-0.2, 0) is 4.79 Å². The number of carbonyl (C=O) groups excluding carboxylic acids is 1. The highest BCUT2D eigenvalue weighted by Gasteiger charge is 2.29. The molecule has 27 heavy (non-hydrogen) atoms. The van der Waals surface area contributed by atoms with E-state index in [9.17, 15) is 4.79 Å². The van der Waals surface area contributed by atoms with E-state index >= 15 is 0 Å². The van der Waals surface area contributed by atoms with Crippen LogP contribution in [0.2, 0.25) is 0 Å². The van der Waals surface area contributed by atoms with Gasteiger partial charge in [-0.3, -0.25) is 4.79 Å². The zero-order valence-corrected chi connectivity index (χ0v) is 15.8. The quantitative estimate of drug-likeness (QED) is 0.750. The number of hydrogen-bond donors (Lipinski definition) is 3. The SMILES string of the molecule is CC(C)CC1Nc2ncnc(Nc3ccc(N4CCCC4)cc3)c2NC1=O. The first-order valence-corrected chi connectivity index (χ1v) is 9.64. The Morgan fingerprint density at radius 2 is 1.93 bits per heavy atom. The Morgan fingerprint density at radius 1 is 1.19 bits per heavy atom. The molecule has 0 radical (unpaired) electrons. The van der Waals surface area contributed by atoms with Gasteiger partial charge in [-0.05, 0) is 49.4 Å². The van der Waals surface area contributed by atoms with Crippen LogP contribution >= 0.6 is 0 Å². The molecule has 7 heteroatoms. The normalized spacial score (nSPS) is 18.9. The maximum Gasteiger partial charge on any atom is 0.247 e. The minimum atomic E-state index is -0.264. The van der Waals surface area contributed by atoms with Crippen molar-refractivity contribution in [3.8, 4) is 0 Å². The highest BCUT2D eigenvalue weighted by atomic mass is 16.2. The van der Waals surface area contributed by atoms with Crippen molar-refractivity contribution in [3.63, 3.8) is 0 Å². The fraction of sp³-hybridized carbons (Fsp3) is 0.450. The lowest BCUT2D eigenvalue weighted by atomic mass is 10.0. The molecule has 2 aliphatic rings. The largest absolute Gasteiger partial charge is 0.372 e. The van der Waals surface area contributed by atoms with Crippen molar-refractivity contribution >= 4 is 34.6 Å². The second-order valence-electron chi connectivity index (χ2n) is 7.63. The molecule has 2 aliphatic heterocycles. The number of amides is 1. The summed E-state index contributed by atoms with van der Waals surface area (Å²) in [6.07, 6.45) is 4.79. The van der Waals surface area contributed by atoms with Crippen LogP contribution in [0.15, 0.2) is 30.6 Å². The number of benzene rings is 1. The zero-order valence-electron chi connectivity index (χ0n) is 15.8. The van der Waals surface area contributed by atoms with Crippen LogP contribution in [0.3, 0.4) is 0 Å². The van der Waals surface area contributed by atoms with Gasteiger partial charge in [-0.25, -0.2) is 9.97 Å². The molecule has 1 unspecified atom stereocenters. The highest BCUT2D eigenvalue weighted by Crippen LogP contribution is 2.33. The molecule has 3 N–H and O–H groups in total. The van der Waals surface area contributed by atoms with Gasteiger partial charge in [-0.15, -0.1) is 0 Å². The average molecular weight is 366 g/mol. The number of fused-ring (bicyclic) bond motifs is 1. The highest BCUT2D eigenvalue weighted by molar-refractivity contribution is 6.05. The fourth-order valence-corrected chi connectivity index (χ4v) is 3.65. The molecule has 4 rings (SSSR count). The topological polar surface area (TPSA) is 82.2 Å². The monoisotopic (exact) mass is 366 g/mol. The summed E-state index contributed by atoms with van der Waals surface area (Å²) >= 11 is 0. The van der Waals surface area contributed by atoms with Gasteiger partial charge in [0.25, 0.3) is 0 Å². The van der Waals surface area contributed by atoms with Gasteiger partial charge in [0.2, 0.25) is 5.91 Å². The lowest BCUT2D eigenvalue weighted by Gasteiger charge is -2.28. The summed E-state index contributed by atoms with van der Waals surface area (Å²) in [5, 5.41) is 9.51. The van der Waals surface area contributed by atoms with E-state index in [-0.39, 0.29) is 11.9 Å². The van der Waals surface area contributed by atoms with Crippen molar-refractivity contribution in [2.24, 2.45) is 5.92 Å². The van der Waals surface area contributed by atoms with E-state index in [4.69, 9.17) is 0 Å². The van der Waals surface area contributed by atoms with Gasteiger partial charge in [0.05, 0.1) is 0 Å². The van der Waals surface area contributed by atoms with Gasteiger partial charge in [0.15, 0.2) is 11.6 Å². The van der Waals surface area contributed by atoms with Gasteiger partial charge in [0, 0.05) is 24.5 Å². The van der Waals surface area contributed by atoms with Crippen LogP contribution in [0.5, 0.6) is 0 Å². The first-order valence-electron chi connectivity index (χ1n) is 9.64. The summed E-state index contributed by atoms with van der Waals surface area (Å²) in [6, 6.07) is 8.07. The molecule has 0 saturated carbocycles. The molecule has 1 fully saturated rings. The Bertz CT molecular complexity index is 814. The first kappa shape index (κ1) is 17.6. The second-order valence-corrected chi connectivity index (χ2v) is 7.63. The Kier molecular flexibility index (Phi) is 4.83. The van der Waals surface area contributed by atoms with E-state index in [0.717, 1.165) is 25.2 Å². The molecule has 1 amide bonds. The molecule has 0 aliphatic carbocycles. The van der Waals surface area contributed by atoms with Crippen LogP contribution in [0.4, 0.5) is 28.7 Å². The molecule has 0 spiro atoms. The van der Waals surface area contributed by atoms with Crippen molar-refractivity contribution in [3.05, 3.63) is 30.6 Å². The number of carbonyl (C=O) groups is 1. The number of aromatic nitrogens is 2. The number of nitrogens with one attached hydrogen (secondary N) is 3. The maximum absolute atomic E-state index is 12.4. The molecule has 2 aromatic rings. The second kappa shape index (κ2) is 7.42. The van der Waals surface area contributed by atoms with E-state index in [2.05, 4.69) is 56.8 Å². The standard InChI is InChI=1S/C20H26N6O/c1-13(2)11-16-20(27)25-17-18(21-12-22-19(17)24-16)23-14-5-7-15(8-6-14)26-9-3-4-10-26/h5-8,12-13,16H,3-4,9-11H2,1-2H3,(H,25,27)(H2,21,22,23,24). The van der Waals surface area contributed by atoms with E-state index in [1.165, 1.54) is 24.9 Å². The summed E-state index contributed by atoms with van der Waals surface area (Å²) in [5.41, 5.74) is 2.78. The van der Waals surface area contributed by atoms with Crippen LogP contribution in [0.25, 0.3) is 0 Å². The van der Waals surface area contributed by atoms with Crippen molar-refractivity contribution in [2.45, 2.75) is 39.2 Å². The van der Waals surface area contributed by atoms with E-state index < -0.39 is 0 Å². The Hall–Kier alpha value is -2.83. The summed E-state index contributed by atoms with van der Waals surface area (Å²) in [6.45, 7) is 6.45. The van der Waals surface area contributed by atoms with Crippen LogP contribution in [0.1, 0.15) is 33.1 Å².